The van der Waals surface area contributed by atoms with Crippen LogP contribution in [0.1, 0.15) is 6.42 Å². The van der Waals surface area contributed by atoms with E-state index in [2.05, 4.69) is 11.9 Å². The number of rotatable bonds is 2. The normalized spacial score (nSPS) is 39.1. The van der Waals surface area contributed by atoms with Crippen LogP contribution in [0.15, 0.2) is 12.2 Å². The fraction of sp³-hybridized carbons (Fsp3) is 0.600. The van der Waals surface area contributed by atoms with Crippen LogP contribution in [0.4, 0.5) is 0 Å². The van der Waals surface area contributed by atoms with Crippen molar-refractivity contribution in [2.24, 2.45) is 17.8 Å². The topological polar surface area (TPSA) is 86.6 Å². The van der Waals surface area contributed by atoms with Gasteiger partial charge in [0.25, 0.3) is 0 Å². The van der Waals surface area contributed by atoms with Crippen LogP contribution >= 0.6 is 0 Å². The summed E-state index contributed by atoms with van der Waals surface area (Å²) in [5, 5.41) is 20.8. The lowest BCUT2D eigenvalue weighted by atomic mass is 9.86. The van der Waals surface area contributed by atoms with E-state index >= 15 is 0 Å². The van der Waals surface area contributed by atoms with Crippen molar-refractivity contribution >= 4 is 11.9 Å². The summed E-state index contributed by atoms with van der Waals surface area (Å²) in [7, 11) is 0. The third-order valence-corrected chi connectivity index (χ3v) is 3.46. The summed E-state index contributed by atoms with van der Waals surface area (Å²) in [6.07, 6.45) is 0.413. The average Bonchev–Trinajstić information content (AvgIpc) is 2.66. The molecule has 0 aromatic heterocycles. The maximum atomic E-state index is 11.0. The largest absolute Gasteiger partial charge is 0.481 e. The van der Waals surface area contributed by atoms with Gasteiger partial charge in [-0.2, -0.15) is 0 Å². The first-order chi connectivity index (χ1) is 7.02. The first-order valence-electron chi connectivity index (χ1n) is 4.89. The molecule has 4 atom stereocenters. The van der Waals surface area contributed by atoms with E-state index in [1.165, 1.54) is 0 Å². The van der Waals surface area contributed by atoms with Gasteiger partial charge in [0.05, 0.1) is 5.92 Å². The molecule has 2 fully saturated rings. The van der Waals surface area contributed by atoms with Gasteiger partial charge in [-0.05, 0) is 12.3 Å². The minimum absolute atomic E-state index is 0.00667. The van der Waals surface area contributed by atoms with Crippen LogP contribution in [0, 0.1) is 17.8 Å². The zero-order chi connectivity index (χ0) is 11.2. The van der Waals surface area contributed by atoms with Crippen molar-refractivity contribution < 1.29 is 19.8 Å². The molecule has 0 aromatic carbocycles. The minimum atomic E-state index is -0.969. The predicted molar refractivity (Wildman–Crippen MR) is 51.3 cm³/mol. The molecule has 1 heterocycles. The van der Waals surface area contributed by atoms with Crippen molar-refractivity contribution in [3.63, 3.8) is 0 Å². The molecule has 15 heavy (non-hydrogen) atoms. The molecule has 0 amide bonds. The van der Waals surface area contributed by atoms with Crippen LogP contribution in [0.2, 0.25) is 0 Å². The Kier molecular flexibility index (Phi) is 2.26. The van der Waals surface area contributed by atoms with Crippen molar-refractivity contribution in [2.75, 3.05) is 6.54 Å². The van der Waals surface area contributed by atoms with Crippen LogP contribution in [0.5, 0.6) is 0 Å². The summed E-state index contributed by atoms with van der Waals surface area (Å²) in [6.45, 7) is 4.36. The molecule has 5 heteroatoms. The van der Waals surface area contributed by atoms with Crippen LogP contribution < -0.4 is 5.32 Å². The number of carboxylic acids is 2. The smallest absolute Gasteiger partial charge is 0.321 e. The van der Waals surface area contributed by atoms with E-state index in [1.807, 2.05) is 0 Å². The molecule has 2 rings (SSSR count). The maximum absolute atomic E-state index is 11.0. The Hall–Kier alpha value is -1.36. The number of fused-ring (bicyclic) bond motifs is 1. The predicted octanol–water partition coefficient (Wildman–Crippen LogP) is -0.0641. The first-order valence-corrected chi connectivity index (χ1v) is 4.89. The van der Waals surface area contributed by atoms with Gasteiger partial charge in [-0.3, -0.25) is 9.59 Å². The third kappa shape index (κ3) is 1.43. The summed E-state index contributed by atoms with van der Waals surface area (Å²) in [5.74, 6) is -2.82. The van der Waals surface area contributed by atoms with E-state index in [9.17, 15) is 9.59 Å². The second-order valence-corrected chi connectivity index (χ2v) is 4.22. The highest BCUT2D eigenvalue weighted by molar-refractivity contribution is 5.78. The highest BCUT2D eigenvalue weighted by Gasteiger charge is 2.52. The molecule has 1 aliphatic heterocycles. The van der Waals surface area contributed by atoms with Crippen LogP contribution in [0.3, 0.4) is 0 Å². The fourth-order valence-corrected chi connectivity index (χ4v) is 2.76. The molecule has 0 unspecified atom stereocenters. The van der Waals surface area contributed by atoms with Crippen molar-refractivity contribution in [1.82, 2.24) is 5.32 Å². The van der Waals surface area contributed by atoms with Gasteiger partial charge in [-0.25, -0.2) is 0 Å². The highest BCUT2D eigenvalue weighted by atomic mass is 16.4. The van der Waals surface area contributed by atoms with Gasteiger partial charge < -0.3 is 15.5 Å². The molecule has 0 radical (unpaired) electrons. The third-order valence-electron chi connectivity index (χ3n) is 3.46. The summed E-state index contributed by atoms with van der Waals surface area (Å²) < 4.78 is 0. The molecule has 0 bridgehead atoms. The van der Waals surface area contributed by atoms with Gasteiger partial charge in [-0.15, -0.1) is 0 Å². The van der Waals surface area contributed by atoms with Crippen molar-refractivity contribution in [2.45, 2.75) is 12.5 Å². The van der Waals surface area contributed by atoms with E-state index < -0.39 is 23.9 Å². The lowest BCUT2D eigenvalue weighted by molar-refractivity contribution is -0.145. The number of carbonyl (C=O) groups is 2. The summed E-state index contributed by atoms with van der Waals surface area (Å²) in [6, 6.07) is -0.740. The average molecular weight is 211 g/mol. The number of aliphatic carboxylic acids is 2. The highest BCUT2D eigenvalue weighted by Crippen LogP contribution is 2.45. The SMILES string of the molecule is C=C1C[C@@H](C(=O)O)[C@H]2[C@@H]1CN[C@@H]2C(=O)O. The molecule has 0 spiro atoms. The van der Waals surface area contributed by atoms with Crippen molar-refractivity contribution in [1.29, 1.82) is 0 Å². The first kappa shape index (κ1) is 10.2. The Balaban J connectivity index is 2.28. The monoisotopic (exact) mass is 211 g/mol. The standard InChI is InChI=1S/C10H13NO4/c1-4-2-5(9(12)13)7-6(4)3-11-8(7)10(14)15/h5-8,11H,1-3H2,(H,12,13)(H,14,15)/t5-,6-,7+,8+/m1/s1. The minimum Gasteiger partial charge on any atom is -0.481 e. The molecule has 1 saturated carbocycles. The fourth-order valence-electron chi connectivity index (χ4n) is 2.76. The maximum Gasteiger partial charge on any atom is 0.321 e. The Morgan fingerprint density at radius 3 is 2.53 bits per heavy atom. The lowest BCUT2D eigenvalue weighted by Crippen LogP contribution is -2.39. The van der Waals surface area contributed by atoms with Crippen LogP contribution in [-0.4, -0.2) is 34.7 Å². The molecular weight excluding hydrogens is 198 g/mol. The number of hydrogen-bond acceptors (Lipinski definition) is 3. The number of carboxylic acid groups (broad SMARTS) is 2. The number of nitrogens with one attached hydrogen (secondary N) is 1. The lowest BCUT2D eigenvalue weighted by Gasteiger charge is -2.18. The molecular formula is C10H13NO4. The zero-order valence-corrected chi connectivity index (χ0v) is 8.14. The zero-order valence-electron chi connectivity index (χ0n) is 8.14. The second kappa shape index (κ2) is 3.34. The van der Waals surface area contributed by atoms with E-state index in [4.69, 9.17) is 10.2 Å². The van der Waals surface area contributed by atoms with Gasteiger partial charge in [0.1, 0.15) is 6.04 Å². The van der Waals surface area contributed by atoms with Crippen molar-refractivity contribution in [3.05, 3.63) is 12.2 Å². The molecule has 0 aromatic rings. The molecule has 5 nitrogen and oxygen atoms in total. The van der Waals surface area contributed by atoms with Gasteiger partial charge >= 0.3 is 11.9 Å². The summed E-state index contributed by atoms with van der Waals surface area (Å²) in [4.78, 5) is 21.9. The molecule has 1 aliphatic carbocycles. The Bertz CT molecular complexity index is 338. The van der Waals surface area contributed by atoms with Gasteiger partial charge in [0.2, 0.25) is 0 Å². The Morgan fingerprint density at radius 1 is 1.33 bits per heavy atom. The summed E-state index contributed by atoms with van der Waals surface area (Å²) in [5.41, 5.74) is 0.864. The van der Waals surface area contributed by atoms with Crippen LogP contribution in [0.25, 0.3) is 0 Å². The van der Waals surface area contributed by atoms with Gasteiger partial charge in [0.15, 0.2) is 0 Å². The molecule has 3 N–H and O–H groups in total. The summed E-state index contributed by atoms with van der Waals surface area (Å²) >= 11 is 0. The van der Waals surface area contributed by atoms with E-state index in [0.717, 1.165) is 5.57 Å². The Morgan fingerprint density at radius 2 is 2.00 bits per heavy atom. The van der Waals surface area contributed by atoms with E-state index in [0.29, 0.717) is 13.0 Å². The quantitative estimate of drug-likeness (QED) is 0.557. The molecule has 2 aliphatic rings. The van der Waals surface area contributed by atoms with Gasteiger partial charge in [-0.1, -0.05) is 12.2 Å². The second-order valence-electron chi connectivity index (χ2n) is 4.22. The van der Waals surface area contributed by atoms with E-state index in [1.54, 1.807) is 0 Å². The molecule has 1 saturated heterocycles. The van der Waals surface area contributed by atoms with Crippen molar-refractivity contribution in [3.8, 4) is 0 Å². The van der Waals surface area contributed by atoms with Gasteiger partial charge in [0, 0.05) is 12.5 Å². The van der Waals surface area contributed by atoms with E-state index in [-0.39, 0.29) is 11.8 Å². The number of hydrogen-bond donors (Lipinski definition) is 3. The Labute approximate surface area is 86.8 Å². The van der Waals surface area contributed by atoms with Crippen LogP contribution in [-0.2, 0) is 9.59 Å². The molecule has 82 valence electrons.